The summed E-state index contributed by atoms with van der Waals surface area (Å²) < 4.78 is 28.3. The normalized spacial score (nSPS) is 15.2. The summed E-state index contributed by atoms with van der Waals surface area (Å²) in [5.74, 6) is 0.119. The molecule has 33 heavy (non-hydrogen) atoms. The third-order valence-corrected chi connectivity index (χ3v) is 5.89. The predicted octanol–water partition coefficient (Wildman–Crippen LogP) is 4.58. The van der Waals surface area contributed by atoms with Crippen molar-refractivity contribution >= 4 is 35.6 Å². The third-order valence-electron chi connectivity index (χ3n) is 5.89. The number of rotatable bonds is 7. The van der Waals surface area contributed by atoms with Crippen molar-refractivity contribution < 1.29 is 13.9 Å². The van der Waals surface area contributed by atoms with Crippen LogP contribution in [0.15, 0.2) is 47.5 Å². The van der Waals surface area contributed by atoms with Gasteiger partial charge in [0.15, 0.2) is 5.96 Å². The van der Waals surface area contributed by atoms with Crippen molar-refractivity contribution in [1.82, 2.24) is 10.6 Å². The van der Waals surface area contributed by atoms with E-state index in [9.17, 15) is 13.9 Å². The average molecular weight is 572 g/mol. The first kappa shape index (κ1) is 27.3. The maximum Gasteiger partial charge on any atom is 0.191 e. The number of guanidine groups is 1. The number of benzene rings is 2. The Balaban J connectivity index is 0.00000385. The SMILES string of the molecule is CCNC(=NCc1ccc(N2CCC(O)CC2)c(F)c1)NCC(C)(C)c1cccc(F)c1.I. The fourth-order valence-corrected chi connectivity index (χ4v) is 3.84. The zero-order valence-corrected chi connectivity index (χ0v) is 21.9. The van der Waals surface area contributed by atoms with Crippen LogP contribution in [0.25, 0.3) is 0 Å². The van der Waals surface area contributed by atoms with Crippen LogP contribution in [0.3, 0.4) is 0 Å². The van der Waals surface area contributed by atoms with Gasteiger partial charge >= 0.3 is 0 Å². The molecule has 2 aromatic rings. The third kappa shape index (κ3) is 7.81. The topological polar surface area (TPSA) is 59.9 Å². The van der Waals surface area contributed by atoms with E-state index in [2.05, 4.69) is 15.6 Å². The highest BCUT2D eigenvalue weighted by Gasteiger charge is 2.22. The highest BCUT2D eigenvalue weighted by Crippen LogP contribution is 2.25. The summed E-state index contributed by atoms with van der Waals surface area (Å²) in [6, 6.07) is 11.9. The molecule has 182 valence electrons. The molecule has 1 saturated heterocycles. The molecule has 2 aromatic carbocycles. The molecule has 1 heterocycles. The molecular weight excluding hydrogens is 537 g/mol. The minimum atomic E-state index is -0.298. The van der Waals surface area contributed by atoms with Crippen LogP contribution < -0.4 is 15.5 Å². The van der Waals surface area contributed by atoms with Gasteiger partial charge in [0.25, 0.3) is 0 Å². The summed E-state index contributed by atoms with van der Waals surface area (Å²) in [7, 11) is 0. The molecule has 1 fully saturated rings. The van der Waals surface area contributed by atoms with E-state index in [-0.39, 0.29) is 47.1 Å². The van der Waals surface area contributed by atoms with Crippen molar-refractivity contribution in [3.8, 4) is 0 Å². The molecule has 1 aliphatic heterocycles. The van der Waals surface area contributed by atoms with E-state index < -0.39 is 0 Å². The highest BCUT2D eigenvalue weighted by atomic mass is 127. The zero-order chi connectivity index (χ0) is 23.1. The maximum absolute atomic E-state index is 14.7. The smallest absolute Gasteiger partial charge is 0.191 e. The maximum atomic E-state index is 14.7. The van der Waals surface area contributed by atoms with Gasteiger partial charge in [-0.2, -0.15) is 0 Å². The van der Waals surface area contributed by atoms with Gasteiger partial charge in [0.05, 0.1) is 18.3 Å². The molecule has 1 aliphatic rings. The number of halogens is 3. The Morgan fingerprint density at radius 2 is 1.85 bits per heavy atom. The lowest BCUT2D eigenvalue weighted by molar-refractivity contribution is 0.145. The van der Waals surface area contributed by atoms with Gasteiger partial charge in [0, 0.05) is 31.6 Å². The number of aliphatic hydroxyl groups is 1. The Bertz CT molecular complexity index is 930. The van der Waals surface area contributed by atoms with Crippen LogP contribution in [0, 0.1) is 11.6 Å². The lowest BCUT2D eigenvalue weighted by atomic mass is 9.84. The minimum absolute atomic E-state index is 0. The van der Waals surface area contributed by atoms with Gasteiger partial charge in [-0.1, -0.05) is 32.0 Å². The quantitative estimate of drug-likeness (QED) is 0.259. The summed E-state index contributed by atoms with van der Waals surface area (Å²) in [6.45, 7) is 9.00. The predicted molar refractivity (Wildman–Crippen MR) is 142 cm³/mol. The number of aliphatic hydroxyl groups excluding tert-OH is 1. The van der Waals surface area contributed by atoms with E-state index in [1.54, 1.807) is 18.2 Å². The Labute approximate surface area is 212 Å². The Morgan fingerprint density at radius 3 is 2.48 bits per heavy atom. The van der Waals surface area contributed by atoms with Gasteiger partial charge in [0.2, 0.25) is 0 Å². The van der Waals surface area contributed by atoms with Gasteiger partial charge < -0.3 is 20.6 Å². The summed E-state index contributed by atoms with van der Waals surface area (Å²) in [5.41, 5.74) is 1.97. The second-order valence-electron chi connectivity index (χ2n) is 8.95. The molecule has 8 heteroatoms. The summed E-state index contributed by atoms with van der Waals surface area (Å²) >= 11 is 0. The number of anilines is 1. The number of piperidine rings is 1. The second-order valence-corrected chi connectivity index (χ2v) is 8.95. The van der Waals surface area contributed by atoms with Crippen LogP contribution in [0.5, 0.6) is 0 Å². The van der Waals surface area contributed by atoms with E-state index in [0.717, 1.165) is 11.1 Å². The van der Waals surface area contributed by atoms with Crippen molar-refractivity contribution in [2.75, 3.05) is 31.1 Å². The van der Waals surface area contributed by atoms with Crippen molar-refractivity contribution in [1.29, 1.82) is 0 Å². The molecule has 5 nitrogen and oxygen atoms in total. The van der Waals surface area contributed by atoms with E-state index in [0.29, 0.717) is 57.2 Å². The molecule has 0 radical (unpaired) electrons. The van der Waals surface area contributed by atoms with Crippen LogP contribution in [0.1, 0.15) is 44.7 Å². The van der Waals surface area contributed by atoms with Crippen molar-refractivity contribution in [3.05, 3.63) is 65.2 Å². The fraction of sp³-hybridized carbons (Fsp3) is 0.480. The number of hydrogen-bond acceptors (Lipinski definition) is 3. The monoisotopic (exact) mass is 572 g/mol. The standard InChI is InChI=1S/C25H34F2N4O.HI/c1-4-28-24(30-17-25(2,3)19-6-5-7-20(26)15-19)29-16-18-8-9-23(22(27)14-18)31-12-10-21(32)11-13-31;/h5-9,14-15,21,32H,4,10-13,16-17H2,1-3H3,(H2,28,29,30);1H. The van der Waals surface area contributed by atoms with Gasteiger partial charge in [0.1, 0.15) is 11.6 Å². The molecule has 0 aliphatic carbocycles. The molecule has 0 atom stereocenters. The Kier molecular flexibility index (Phi) is 10.3. The van der Waals surface area contributed by atoms with E-state index in [4.69, 9.17) is 0 Å². The molecule has 3 rings (SSSR count). The fourth-order valence-electron chi connectivity index (χ4n) is 3.84. The first-order valence-electron chi connectivity index (χ1n) is 11.3. The van der Waals surface area contributed by atoms with Gasteiger partial charge in [-0.25, -0.2) is 13.8 Å². The first-order chi connectivity index (χ1) is 15.3. The van der Waals surface area contributed by atoms with Crippen LogP contribution in [-0.2, 0) is 12.0 Å². The van der Waals surface area contributed by atoms with Crippen molar-refractivity contribution in [3.63, 3.8) is 0 Å². The van der Waals surface area contributed by atoms with E-state index >= 15 is 0 Å². The number of nitrogens with zero attached hydrogens (tertiary/aromatic N) is 2. The van der Waals surface area contributed by atoms with E-state index in [1.165, 1.54) is 12.1 Å². The molecule has 0 unspecified atom stereocenters. The zero-order valence-electron chi connectivity index (χ0n) is 19.6. The average Bonchev–Trinajstić information content (AvgIpc) is 2.76. The number of nitrogens with one attached hydrogen (secondary N) is 2. The molecule has 0 spiro atoms. The number of aliphatic imine (C=N–C) groups is 1. The Hall–Kier alpha value is -1.94. The summed E-state index contributed by atoms with van der Waals surface area (Å²) in [6.07, 6.45) is 1.04. The van der Waals surface area contributed by atoms with Crippen molar-refractivity contribution in [2.24, 2.45) is 4.99 Å². The lowest BCUT2D eigenvalue weighted by Gasteiger charge is -2.31. The lowest BCUT2D eigenvalue weighted by Crippen LogP contribution is -2.43. The molecular formula is C25H35F2IN4O. The van der Waals surface area contributed by atoms with Crippen LogP contribution in [0.2, 0.25) is 0 Å². The largest absolute Gasteiger partial charge is 0.393 e. The molecule has 0 bridgehead atoms. The van der Waals surface area contributed by atoms with Gasteiger partial charge in [-0.15, -0.1) is 24.0 Å². The Morgan fingerprint density at radius 1 is 1.12 bits per heavy atom. The van der Waals surface area contributed by atoms with Crippen LogP contribution >= 0.6 is 24.0 Å². The number of hydrogen-bond donors (Lipinski definition) is 3. The molecule has 0 aromatic heterocycles. The summed E-state index contributed by atoms with van der Waals surface area (Å²) in [5, 5.41) is 16.2. The molecule has 0 saturated carbocycles. The van der Waals surface area contributed by atoms with Gasteiger partial charge in [-0.3, -0.25) is 0 Å². The minimum Gasteiger partial charge on any atom is -0.393 e. The summed E-state index contributed by atoms with van der Waals surface area (Å²) in [4.78, 5) is 6.58. The van der Waals surface area contributed by atoms with Crippen molar-refractivity contribution in [2.45, 2.75) is 51.7 Å². The van der Waals surface area contributed by atoms with Crippen LogP contribution in [-0.4, -0.2) is 43.3 Å². The van der Waals surface area contributed by atoms with Gasteiger partial charge in [-0.05, 0) is 55.2 Å². The second kappa shape index (κ2) is 12.5. The van der Waals surface area contributed by atoms with Crippen LogP contribution in [0.4, 0.5) is 14.5 Å². The van der Waals surface area contributed by atoms with E-state index in [1.807, 2.05) is 37.8 Å². The first-order valence-corrected chi connectivity index (χ1v) is 11.3. The molecule has 0 amide bonds. The molecule has 3 N–H and O–H groups in total. The highest BCUT2D eigenvalue weighted by molar-refractivity contribution is 14.0.